The van der Waals surface area contributed by atoms with Crippen molar-refractivity contribution in [2.75, 3.05) is 7.11 Å². The van der Waals surface area contributed by atoms with Crippen LogP contribution >= 0.6 is 0 Å². The minimum absolute atomic E-state index is 0.138. The molecule has 0 saturated carbocycles. The molecule has 0 amide bonds. The third-order valence-corrected chi connectivity index (χ3v) is 3.89. The van der Waals surface area contributed by atoms with Crippen LogP contribution in [0.15, 0.2) is 48.5 Å². The highest BCUT2D eigenvalue weighted by atomic mass is 16.5. The topological polar surface area (TPSA) is 26.3 Å². The molecule has 0 bridgehead atoms. The van der Waals surface area contributed by atoms with Crippen molar-refractivity contribution in [3.8, 4) is 5.75 Å². The smallest absolute Gasteiger partial charge is 0.170 e. The Balaban J connectivity index is 2.12. The summed E-state index contributed by atoms with van der Waals surface area (Å²) in [6.07, 6.45) is 1.07. The fraction of sp³-hybridized carbons (Fsp3) is 0.350. The fourth-order valence-electron chi connectivity index (χ4n) is 2.57. The van der Waals surface area contributed by atoms with Crippen LogP contribution in [-0.4, -0.2) is 12.9 Å². The van der Waals surface area contributed by atoms with Gasteiger partial charge in [-0.3, -0.25) is 4.79 Å². The lowest BCUT2D eigenvalue weighted by Gasteiger charge is -2.13. The predicted molar refractivity (Wildman–Crippen MR) is 90.7 cm³/mol. The van der Waals surface area contributed by atoms with E-state index >= 15 is 0 Å². The average Bonchev–Trinajstić information content (AvgIpc) is 2.54. The molecule has 2 rings (SSSR count). The van der Waals surface area contributed by atoms with Gasteiger partial charge >= 0.3 is 0 Å². The zero-order valence-electron chi connectivity index (χ0n) is 13.8. The molecule has 2 aromatic carbocycles. The second kappa shape index (κ2) is 7.26. The Bertz CT molecular complexity index is 609. The van der Waals surface area contributed by atoms with Crippen molar-refractivity contribution in [3.05, 3.63) is 65.2 Å². The maximum atomic E-state index is 12.6. The standard InChI is InChI=1S/C20H24O2/c1-14(2)13-16-5-7-17(8-6-16)15(3)20(21)18-9-11-19(22-4)12-10-18/h5-12,14-15H,13H2,1-4H3. The molecule has 22 heavy (non-hydrogen) atoms. The highest BCUT2D eigenvalue weighted by Crippen LogP contribution is 2.23. The predicted octanol–water partition coefficient (Wildman–Crippen LogP) is 4.88. The molecule has 0 spiro atoms. The molecule has 0 aliphatic heterocycles. The van der Waals surface area contributed by atoms with Crippen LogP contribution in [0.4, 0.5) is 0 Å². The minimum atomic E-state index is -0.138. The van der Waals surface area contributed by atoms with Crippen molar-refractivity contribution in [2.45, 2.75) is 33.1 Å². The van der Waals surface area contributed by atoms with Gasteiger partial charge in [-0.25, -0.2) is 0 Å². The highest BCUT2D eigenvalue weighted by molar-refractivity contribution is 6.00. The van der Waals surface area contributed by atoms with E-state index in [0.717, 1.165) is 23.3 Å². The molecular formula is C20H24O2. The number of carbonyl (C=O) groups excluding carboxylic acids is 1. The van der Waals surface area contributed by atoms with Gasteiger partial charge in [0.05, 0.1) is 7.11 Å². The molecular weight excluding hydrogens is 272 g/mol. The largest absolute Gasteiger partial charge is 0.497 e. The average molecular weight is 296 g/mol. The lowest BCUT2D eigenvalue weighted by Crippen LogP contribution is -2.09. The van der Waals surface area contributed by atoms with Crippen molar-refractivity contribution >= 4 is 5.78 Å². The van der Waals surface area contributed by atoms with Crippen LogP contribution in [0, 0.1) is 5.92 Å². The first kappa shape index (κ1) is 16.3. The third kappa shape index (κ3) is 3.97. The van der Waals surface area contributed by atoms with Gasteiger partial charge in [0.25, 0.3) is 0 Å². The van der Waals surface area contributed by atoms with Crippen LogP contribution in [0.25, 0.3) is 0 Å². The number of Topliss-reactive ketones (excluding diaryl/α,β-unsaturated/α-hetero) is 1. The highest BCUT2D eigenvalue weighted by Gasteiger charge is 2.17. The number of rotatable bonds is 6. The van der Waals surface area contributed by atoms with E-state index in [4.69, 9.17) is 4.74 Å². The summed E-state index contributed by atoms with van der Waals surface area (Å²) < 4.78 is 5.13. The van der Waals surface area contributed by atoms with Gasteiger partial charge in [0.15, 0.2) is 5.78 Å². The van der Waals surface area contributed by atoms with Gasteiger partial charge in [-0.05, 0) is 47.7 Å². The van der Waals surface area contributed by atoms with Crippen molar-refractivity contribution in [2.24, 2.45) is 5.92 Å². The Labute approximate surface area is 133 Å². The molecule has 0 aromatic heterocycles. The van der Waals surface area contributed by atoms with Gasteiger partial charge in [0, 0.05) is 11.5 Å². The number of ketones is 1. The molecule has 1 unspecified atom stereocenters. The second-order valence-corrected chi connectivity index (χ2v) is 6.15. The maximum absolute atomic E-state index is 12.6. The third-order valence-electron chi connectivity index (χ3n) is 3.89. The molecule has 0 aliphatic carbocycles. The molecule has 116 valence electrons. The second-order valence-electron chi connectivity index (χ2n) is 6.15. The van der Waals surface area contributed by atoms with E-state index < -0.39 is 0 Å². The molecule has 2 aromatic rings. The number of carbonyl (C=O) groups is 1. The first-order valence-electron chi connectivity index (χ1n) is 7.78. The summed E-state index contributed by atoms with van der Waals surface area (Å²) in [6.45, 7) is 6.39. The van der Waals surface area contributed by atoms with Crippen LogP contribution in [0.1, 0.15) is 48.2 Å². The van der Waals surface area contributed by atoms with E-state index in [0.29, 0.717) is 5.92 Å². The van der Waals surface area contributed by atoms with Crippen LogP contribution in [-0.2, 0) is 6.42 Å². The van der Waals surface area contributed by atoms with E-state index in [9.17, 15) is 4.79 Å². The quantitative estimate of drug-likeness (QED) is 0.710. The number of methoxy groups -OCH3 is 1. The first-order chi connectivity index (χ1) is 10.5. The Morgan fingerprint density at radius 1 is 0.955 bits per heavy atom. The summed E-state index contributed by atoms with van der Waals surface area (Å²) in [7, 11) is 1.62. The summed E-state index contributed by atoms with van der Waals surface area (Å²) in [5, 5.41) is 0. The van der Waals surface area contributed by atoms with Crippen LogP contribution in [0.2, 0.25) is 0 Å². The van der Waals surface area contributed by atoms with E-state index in [1.54, 1.807) is 7.11 Å². The Morgan fingerprint density at radius 3 is 2.05 bits per heavy atom. The Morgan fingerprint density at radius 2 is 1.55 bits per heavy atom. The summed E-state index contributed by atoms with van der Waals surface area (Å²) in [4.78, 5) is 12.6. The molecule has 2 nitrogen and oxygen atoms in total. The monoisotopic (exact) mass is 296 g/mol. The summed E-state index contributed by atoms with van der Waals surface area (Å²) in [6, 6.07) is 15.7. The van der Waals surface area contributed by atoms with E-state index in [2.05, 4.69) is 38.1 Å². The summed E-state index contributed by atoms with van der Waals surface area (Å²) in [5.74, 6) is 1.41. The zero-order chi connectivity index (χ0) is 16.1. The zero-order valence-corrected chi connectivity index (χ0v) is 13.8. The van der Waals surface area contributed by atoms with Gasteiger partial charge in [-0.1, -0.05) is 45.0 Å². The molecule has 0 fully saturated rings. The molecule has 0 saturated heterocycles. The van der Waals surface area contributed by atoms with Crippen LogP contribution in [0.5, 0.6) is 5.75 Å². The van der Waals surface area contributed by atoms with E-state index in [1.807, 2.05) is 31.2 Å². The van der Waals surface area contributed by atoms with Crippen molar-refractivity contribution < 1.29 is 9.53 Å². The summed E-state index contributed by atoms with van der Waals surface area (Å²) >= 11 is 0. The minimum Gasteiger partial charge on any atom is -0.497 e. The number of ether oxygens (including phenoxy) is 1. The molecule has 2 heteroatoms. The molecule has 0 radical (unpaired) electrons. The van der Waals surface area contributed by atoms with E-state index in [1.165, 1.54) is 5.56 Å². The molecule has 1 atom stereocenters. The van der Waals surface area contributed by atoms with Gasteiger partial charge in [0.1, 0.15) is 5.75 Å². The SMILES string of the molecule is COc1ccc(C(=O)C(C)c2ccc(CC(C)C)cc2)cc1. The van der Waals surface area contributed by atoms with Crippen molar-refractivity contribution in [1.29, 1.82) is 0 Å². The van der Waals surface area contributed by atoms with Crippen molar-refractivity contribution in [3.63, 3.8) is 0 Å². The maximum Gasteiger partial charge on any atom is 0.170 e. The number of hydrogen-bond donors (Lipinski definition) is 0. The Kier molecular flexibility index (Phi) is 5.37. The van der Waals surface area contributed by atoms with Gasteiger partial charge < -0.3 is 4.74 Å². The van der Waals surface area contributed by atoms with Crippen LogP contribution < -0.4 is 4.74 Å². The van der Waals surface area contributed by atoms with Gasteiger partial charge in [-0.15, -0.1) is 0 Å². The molecule has 0 N–H and O–H groups in total. The van der Waals surface area contributed by atoms with Gasteiger partial charge in [-0.2, -0.15) is 0 Å². The summed E-state index contributed by atoms with van der Waals surface area (Å²) in [5.41, 5.74) is 3.11. The van der Waals surface area contributed by atoms with Crippen molar-refractivity contribution in [1.82, 2.24) is 0 Å². The molecule has 0 aliphatic rings. The van der Waals surface area contributed by atoms with Crippen LogP contribution in [0.3, 0.4) is 0 Å². The molecule has 0 heterocycles. The normalized spacial score (nSPS) is 12.2. The fourth-order valence-corrected chi connectivity index (χ4v) is 2.57. The van der Waals surface area contributed by atoms with E-state index in [-0.39, 0.29) is 11.7 Å². The first-order valence-corrected chi connectivity index (χ1v) is 7.78. The number of benzene rings is 2. The Hall–Kier alpha value is -2.09. The number of hydrogen-bond acceptors (Lipinski definition) is 2. The van der Waals surface area contributed by atoms with Gasteiger partial charge in [0.2, 0.25) is 0 Å². The lowest BCUT2D eigenvalue weighted by molar-refractivity contribution is 0.0966. The lowest BCUT2D eigenvalue weighted by atomic mass is 9.91.